The predicted molar refractivity (Wildman–Crippen MR) is 104 cm³/mol. The third-order valence-electron chi connectivity index (χ3n) is 4.76. The van der Waals surface area contributed by atoms with Crippen LogP contribution >= 0.6 is 0 Å². The minimum Gasteiger partial charge on any atom is -0.376 e. The molecule has 1 fully saturated rings. The van der Waals surface area contributed by atoms with Gasteiger partial charge in [0, 0.05) is 44.3 Å². The lowest BCUT2D eigenvalue weighted by molar-refractivity contribution is -0.130. The van der Waals surface area contributed by atoms with Crippen molar-refractivity contribution in [2.24, 2.45) is 0 Å². The highest BCUT2D eigenvalue weighted by molar-refractivity contribution is 7.89. The Kier molecular flexibility index (Phi) is 5.76. The molecule has 27 heavy (non-hydrogen) atoms. The first-order chi connectivity index (χ1) is 12.9. The Bertz CT molecular complexity index is 888. The molecule has 3 rings (SSSR count). The molecule has 0 saturated carbocycles. The van der Waals surface area contributed by atoms with Gasteiger partial charge in [-0.25, -0.2) is 8.42 Å². The van der Waals surface area contributed by atoms with E-state index in [0.717, 1.165) is 16.8 Å². The topological polar surface area (TPSA) is 82.6 Å². The van der Waals surface area contributed by atoms with Gasteiger partial charge in [-0.05, 0) is 37.1 Å². The van der Waals surface area contributed by atoms with Gasteiger partial charge < -0.3 is 10.2 Å². The van der Waals surface area contributed by atoms with Crippen LogP contribution in [0, 0.1) is 13.8 Å². The van der Waals surface area contributed by atoms with Crippen molar-refractivity contribution in [3.63, 3.8) is 0 Å². The smallest absolute Gasteiger partial charge is 0.244 e. The number of para-hydroxylation sites is 1. The number of aromatic nitrogens is 1. The van der Waals surface area contributed by atoms with Crippen molar-refractivity contribution >= 4 is 21.6 Å². The van der Waals surface area contributed by atoms with E-state index in [2.05, 4.69) is 10.3 Å². The monoisotopic (exact) mass is 388 g/mol. The fourth-order valence-electron chi connectivity index (χ4n) is 3.20. The number of hydrogen-bond acceptors (Lipinski definition) is 5. The van der Waals surface area contributed by atoms with Gasteiger partial charge in [0.1, 0.15) is 4.90 Å². The Morgan fingerprint density at radius 2 is 1.74 bits per heavy atom. The SMILES string of the molecule is Cc1cccc(C)c1NCC(=O)N1CCN(S(=O)(=O)c2cccnc2)CC1. The molecule has 1 aromatic heterocycles. The highest BCUT2D eigenvalue weighted by Gasteiger charge is 2.30. The minimum absolute atomic E-state index is 0.0314. The first-order valence-corrected chi connectivity index (χ1v) is 10.3. The number of carbonyl (C=O) groups excluding carboxylic acids is 1. The van der Waals surface area contributed by atoms with Crippen LogP contribution in [0.15, 0.2) is 47.6 Å². The molecule has 0 aliphatic carbocycles. The number of benzene rings is 1. The van der Waals surface area contributed by atoms with Gasteiger partial charge in [-0.15, -0.1) is 0 Å². The number of nitrogens with one attached hydrogen (secondary N) is 1. The number of pyridine rings is 1. The van der Waals surface area contributed by atoms with Crippen molar-refractivity contribution in [2.45, 2.75) is 18.7 Å². The number of nitrogens with zero attached hydrogens (tertiary/aromatic N) is 3. The van der Waals surface area contributed by atoms with E-state index in [4.69, 9.17) is 0 Å². The maximum Gasteiger partial charge on any atom is 0.244 e. The first kappa shape index (κ1) is 19.3. The number of anilines is 1. The van der Waals surface area contributed by atoms with Gasteiger partial charge in [-0.1, -0.05) is 18.2 Å². The fraction of sp³-hybridized carbons (Fsp3) is 0.368. The molecule has 0 spiro atoms. The van der Waals surface area contributed by atoms with Crippen molar-refractivity contribution in [1.29, 1.82) is 0 Å². The zero-order chi connectivity index (χ0) is 19.4. The Balaban J connectivity index is 1.57. The number of sulfonamides is 1. The summed E-state index contributed by atoms with van der Waals surface area (Å²) in [4.78, 5) is 18.3. The summed E-state index contributed by atoms with van der Waals surface area (Å²) in [7, 11) is -3.56. The number of rotatable bonds is 5. The van der Waals surface area contributed by atoms with Crippen molar-refractivity contribution in [3.8, 4) is 0 Å². The standard InChI is InChI=1S/C19H24N4O3S/c1-15-5-3-6-16(2)19(15)21-14-18(24)22-9-11-23(12-10-22)27(25,26)17-7-4-8-20-13-17/h3-8,13,21H,9-12,14H2,1-2H3. The van der Waals surface area contributed by atoms with Crippen LogP contribution in [0.4, 0.5) is 5.69 Å². The van der Waals surface area contributed by atoms with Crippen molar-refractivity contribution in [1.82, 2.24) is 14.2 Å². The number of amides is 1. The summed E-state index contributed by atoms with van der Waals surface area (Å²) in [6.07, 6.45) is 2.89. The van der Waals surface area contributed by atoms with Gasteiger partial charge in [-0.2, -0.15) is 4.31 Å². The number of hydrogen-bond donors (Lipinski definition) is 1. The predicted octanol–water partition coefficient (Wildman–Crippen LogP) is 1.64. The average Bonchev–Trinajstić information content (AvgIpc) is 2.68. The quantitative estimate of drug-likeness (QED) is 0.842. The second-order valence-electron chi connectivity index (χ2n) is 6.59. The lowest BCUT2D eigenvalue weighted by Gasteiger charge is -2.34. The number of piperazine rings is 1. The molecule has 0 unspecified atom stereocenters. The van der Waals surface area contributed by atoms with Crippen molar-refractivity contribution < 1.29 is 13.2 Å². The molecule has 0 radical (unpaired) electrons. The number of carbonyl (C=O) groups is 1. The van der Waals surface area contributed by atoms with Crippen molar-refractivity contribution in [2.75, 3.05) is 38.0 Å². The zero-order valence-electron chi connectivity index (χ0n) is 15.6. The van der Waals surface area contributed by atoms with Crippen LogP contribution in [-0.2, 0) is 14.8 Å². The van der Waals surface area contributed by atoms with Gasteiger partial charge in [0.15, 0.2) is 0 Å². The largest absolute Gasteiger partial charge is 0.376 e. The molecule has 1 aromatic carbocycles. The Morgan fingerprint density at radius 3 is 2.33 bits per heavy atom. The molecule has 1 N–H and O–H groups in total. The van der Waals surface area contributed by atoms with Gasteiger partial charge in [0.05, 0.1) is 6.54 Å². The van der Waals surface area contributed by atoms with Crippen LogP contribution in [0.3, 0.4) is 0 Å². The zero-order valence-corrected chi connectivity index (χ0v) is 16.4. The highest BCUT2D eigenvalue weighted by atomic mass is 32.2. The van der Waals surface area contributed by atoms with Gasteiger partial charge in [-0.3, -0.25) is 9.78 Å². The highest BCUT2D eigenvalue weighted by Crippen LogP contribution is 2.20. The Morgan fingerprint density at radius 1 is 1.07 bits per heavy atom. The lowest BCUT2D eigenvalue weighted by atomic mass is 10.1. The summed E-state index contributed by atoms with van der Waals surface area (Å²) in [5, 5.41) is 3.21. The van der Waals surface area contributed by atoms with Crippen LogP contribution in [0.1, 0.15) is 11.1 Å². The molecule has 1 aliphatic rings. The second kappa shape index (κ2) is 8.06. The van der Waals surface area contributed by atoms with Crippen LogP contribution in [0.25, 0.3) is 0 Å². The Labute approximate surface area is 160 Å². The molecule has 0 atom stereocenters. The summed E-state index contributed by atoms with van der Waals surface area (Å²) >= 11 is 0. The molecule has 144 valence electrons. The van der Waals surface area contributed by atoms with E-state index in [9.17, 15) is 13.2 Å². The molecular weight excluding hydrogens is 364 g/mol. The molecular formula is C19H24N4O3S. The van der Waals surface area contributed by atoms with E-state index >= 15 is 0 Å². The Hall–Kier alpha value is -2.45. The van der Waals surface area contributed by atoms with Gasteiger partial charge in [0.2, 0.25) is 15.9 Å². The normalized spacial score (nSPS) is 15.6. The molecule has 1 aliphatic heterocycles. The second-order valence-corrected chi connectivity index (χ2v) is 8.53. The van der Waals surface area contributed by atoms with Gasteiger partial charge >= 0.3 is 0 Å². The van der Waals surface area contributed by atoms with E-state index in [0.29, 0.717) is 13.1 Å². The van der Waals surface area contributed by atoms with Gasteiger partial charge in [0.25, 0.3) is 0 Å². The van der Waals surface area contributed by atoms with Crippen LogP contribution in [0.5, 0.6) is 0 Å². The summed E-state index contributed by atoms with van der Waals surface area (Å²) in [6, 6.07) is 9.13. The minimum atomic E-state index is -3.56. The summed E-state index contributed by atoms with van der Waals surface area (Å²) in [5.74, 6) is -0.0314. The average molecular weight is 388 g/mol. The van der Waals surface area contributed by atoms with Crippen LogP contribution in [-0.4, -0.2) is 61.2 Å². The maximum atomic E-state index is 12.6. The number of aryl methyl sites for hydroxylation is 2. The van der Waals surface area contributed by atoms with E-state index in [1.54, 1.807) is 17.2 Å². The van der Waals surface area contributed by atoms with Crippen LogP contribution < -0.4 is 5.32 Å². The molecule has 1 amide bonds. The molecule has 2 aromatic rings. The third kappa shape index (κ3) is 4.28. The summed E-state index contributed by atoms with van der Waals surface area (Å²) in [6.45, 7) is 5.53. The molecule has 2 heterocycles. The van der Waals surface area contributed by atoms with Crippen LogP contribution in [0.2, 0.25) is 0 Å². The van der Waals surface area contributed by atoms with E-state index < -0.39 is 10.0 Å². The summed E-state index contributed by atoms with van der Waals surface area (Å²) < 4.78 is 26.6. The van der Waals surface area contributed by atoms with E-state index in [1.807, 2.05) is 32.0 Å². The molecule has 8 heteroatoms. The molecule has 7 nitrogen and oxygen atoms in total. The van der Waals surface area contributed by atoms with E-state index in [-0.39, 0.29) is 30.4 Å². The molecule has 0 bridgehead atoms. The van der Waals surface area contributed by atoms with Crippen molar-refractivity contribution in [3.05, 3.63) is 53.9 Å². The first-order valence-electron chi connectivity index (χ1n) is 8.87. The lowest BCUT2D eigenvalue weighted by Crippen LogP contribution is -2.51. The third-order valence-corrected chi connectivity index (χ3v) is 6.64. The fourth-order valence-corrected chi connectivity index (χ4v) is 4.58. The summed E-state index contributed by atoms with van der Waals surface area (Å²) in [5.41, 5.74) is 3.16. The van der Waals surface area contributed by atoms with E-state index in [1.165, 1.54) is 16.6 Å². The molecule has 1 saturated heterocycles. The maximum absolute atomic E-state index is 12.6.